The Hall–Kier alpha value is -1.18. The van der Waals surface area contributed by atoms with Gasteiger partial charge in [-0.15, -0.1) is 0 Å². The van der Waals surface area contributed by atoms with Crippen LogP contribution in [0, 0.1) is 34.0 Å². The molecule has 3 saturated carbocycles. The van der Waals surface area contributed by atoms with E-state index in [4.69, 9.17) is 4.74 Å². The van der Waals surface area contributed by atoms with E-state index in [9.17, 15) is 15.2 Å². The van der Waals surface area contributed by atoms with E-state index in [2.05, 4.69) is 19.9 Å². The summed E-state index contributed by atoms with van der Waals surface area (Å²) in [5.41, 5.74) is -0.477. The zero-order chi connectivity index (χ0) is 17.0. The molecule has 4 nitrogen and oxygen atoms in total. The summed E-state index contributed by atoms with van der Waals surface area (Å²) in [5.74, 6) is 1.01. The molecular formula is C20H25NO3. The molecule has 0 radical (unpaired) electrons. The van der Waals surface area contributed by atoms with E-state index in [1.807, 2.05) is 6.08 Å². The van der Waals surface area contributed by atoms with Gasteiger partial charge in [0, 0.05) is 17.3 Å². The van der Waals surface area contributed by atoms with Crippen molar-refractivity contribution >= 4 is 5.78 Å². The molecule has 0 aromatic carbocycles. The predicted molar refractivity (Wildman–Crippen MR) is 86.8 cm³/mol. The van der Waals surface area contributed by atoms with E-state index in [1.54, 1.807) is 0 Å². The zero-order valence-corrected chi connectivity index (χ0v) is 14.5. The standard InChI is InChI=1S/C20H25NO3/c1-17-7-5-13(22)9-12(17)3-4-15-14-6-8-19(23,11-21)18(14,2)10-16-20(15,17)24-16/h9,14-16,23H,3-8,10H2,1-2H3/t14-,15-,16?,17-,18-,19?,20+/m0/s1. The molecule has 0 amide bonds. The van der Waals surface area contributed by atoms with Gasteiger partial charge in [-0.05, 0) is 56.4 Å². The molecule has 128 valence electrons. The molecule has 5 rings (SSSR count). The molecule has 1 spiro atoms. The minimum atomic E-state index is -1.21. The van der Waals surface area contributed by atoms with Crippen molar-refractivity contribution in [3.63, 3.8) is 0 Å². The number of fused-ring (bicyclic) bond motifs is 3. The van der Waals surface area contributed by atoms with Crippen LogP contribution in [0.1, 0.15) is 58.8 Å². The number of hydrogen-bond donors (Lipinski definition) is 1. The van der Waals surface area contributed by atoms with Gasteiger partial charge in [-0.25, -0.2) is 0 Å². The summed E-state index contributed by atoms with van der Waals surface area (Å²) < 4.78 is 6.44. The first-order valence-electron chi connectivity index (χ1n) is 9.36. The van der Waals surface area contributed by atoms with Crippen LogP contribution < -0.4 is 0 Å². The topological polar surface area (TPSA) is 73.6 Å². The van der Waals surface area contributed by atoms with Crippen molar-refractivity contribution in [1.82, 2.24) is 0 Å². The summed E-state index contributed by atoms with van der Waals surface area (Å²) in [6.45, 7) is 4.41. The van der Waals surface area contributed by atoms with Gasteiger partial charge < -0.3 is 9.84 Å². The second-order valence-corrected chi connectivity index (χ2v) is 9.25. The van der Waals surface area contributed by atoms with Crippen LogP contribution in [0.3, 0.4) is 0 Å². The molecule has 0 aromatic rings. The Labute approximate surface area is 142 Å². The van der Waals surface area contributed by atoms with Crippen molar-refractivity contribution in [2.45, 2.75) is 76.1 Å². The molecule has 0 bridgehead atoms. The van der Waals surface area contributed by atoms with E-state index >= 15 is 0 Å². The highest BCUT2D eigenvalue weighted by molar-refractivity contribution is 5.91. The Morgan fingerprint density at radius 1 is 1.25 bits per heavy atom. The third kappa shape index (κ3) is 1.39. The molecule has 1 saturated heterocycles. The minimum Gasteiger partial charge on any atom is -0.375 e. The second-order valence-electron chi connectivity index (χ2n) is 9.25. The van der Waals surface area contributed by atoms with Crippen molar-refractivity contribution in [3.8, 4) is 6.07 Å². The average molecular weight is 327 g/mol. The third-order valence-electron chi connectivity index (χ3n) is 8.67. The molecular weight excluding hydrogens is 302 g/mol. The van der Waals surface area contributed by atoms with Crippen molar-refractivity contribution in [2.24, 2.45) is 22.7 Å². The van der Waals surface area contributed by atoms with Gasteiger partial charge >= 0.3 is 0 Å². The molecule has 0 aromatic heterocycles. The van der Waals surface area contributed by atoms with Crippen LogP contribution in [-0.2, 0) is 9.53 Å². The highest BCUT2D eigenvalue weighted by Gasteiger charge is 2.80. The number of nitriles is 1. The normalized spacial score (nSPS) is 57.8. The summed E-state index contributed by atoms with van der Waals surface area (Å²) in [4.78, 5) is 11.9. The van der Waals surface area contributed by atoms with Gasteiger partial charge in [0.1, 0.15) is 5.60 Å². The van der Waals surface area contributed by atoms with Gasteiger partial charge in [-0.2, -0.15) is 5.26 Å². The Morgan fingerprint density at radius 2 is 2.04 bits per heavy atom. The third-order valence-corrected chi connectivity index (χ3v) is 8.67. The lowest BCUT2D eigenvalue weighted by Gasteiger charge is -2.56. The molecule has 4 heteroatoms. The molecule has 2 unspecified atom stereocenters. The maximum Gasteiger partial charge on any atom is 0.156 e. The molecule has 24 heavy (non-hydrogen) atoms. The van der Waals surface area contributed by atoms with Crippen LogP contribution in [0.4, 0.5) is 0 Å². The summed E-state index contributed by atoms with van der Waals surface area (Å²) in [7, 11) is 0. The van der Waals surface area contributed by atoms with Crippen LogP contribution in [0.25, 0.3) is 0 Å². The lowest BCUT2D eigenvalue weighted by atomic mass is 9.46. The maximum absolute atomic E-state index is 11.9. The lowest BCUT2D eigenvalue weighted by molar-refractivity contribution is -0.117. The summed E-state index contributed by atoms with van der Waals surface area (Å²) in [5, 5.41) is 20.5. The Morgan fingerprint density at radius 3 is 2.79 bits per heavy atom. The Bertz CT molecular complexity index is 723. The number of ketones is 1. The fourth-order valence-corrected chi connectivity index (χ4v) is 7.20. The fraction of sp³-hybridized carbons (Fsp3) is 0.800. The minimum absolute atomic E-state index is 0.0385. The van der Waals surface area contributed by atoms with Crippen LogP contribution in [0.5, 0.6) is 0 Å². The molecule has 1 aliphatic heterocycles. The first-order chi connectivity index (χ1) is 11.3. The SMILES string of the molecule is C[C@]12CC3O[C@]34[C@@H](CCC3=CC(=O)CC[C@@]34C)[C@@H]1CCC2(O)C#N. The number of carbonyl (C=O) groups excluding carboxylic acids is 1. The number of epoxide rings is 1. The van der Waals surface area contributed by atoms with Crippen LogP contribution in [0.15, 0.2) is 11.6 Å². The molecule has 4 fully saturated rings. The highest BCUT2D eigenvalue weighted by Crippen LogP contribution is 2.76. The van der Waals surface area contributed by atoms with E-state index in [1.165, 1.54) is 5.57 Å². The number of ether oxygens (including phenoxy) is 1. The monoisotopic (exact) mass is 327 g/mol. The first-order valence-corrected chi connectivity index (χ1v) is 9.36. The fourth-order valence-electron chi connectivity index (χ4n) is 7.20. The van der Waals surface area contributed by atoms with Crippen molar-refractivity contribution in [3.05, 3.63) is 11.6 Å². The van der Waals surface area contributed by atoms with Crippen LogP contribution in [-0.4, -0.2) is 28.2 Å². The van der Waals surface area contributed by atoms with E-state index in [-0.39, 0.29) is 28.3 Å². The molecule has 1 heterocycles. The number of carbonyl (C=O) groups is 1. The predicted octanol–water partition coefficient (Wildman–Crippen LogP) is 2.90. The quantitative estimate of drug-likeness (QED) is 0.548. The number of nitrogens with zero attached hydrogens (tertiary/aromatic N) is 1. The van der Waals surface area contributed by atoms with Crippen molar-refractivity contribution in [2.75, 3.05) is 0 Å². The van der Waals surface area contributed by atoms with Gasteiger partial charge in [-0.3, -0.25) is 4.79 Å². The highest BCUT2D eigenvalue weighted by atomic mass is 16.6. The van der Waals surface area contributed by atoms with Crippen molar-refractivity contribution in [1.29, 1.82) is 5.26 Å². The summed E-state index contributed by atoms with van der Waals surface area (Å²) in [6.07, 6.45) is 7.78. The summed E-state index contributed by atoms with van der Waals surface area (Å²) >= 11 is 0. The smallest absolute Gasteiger partial charge is 0.156 e. The lowest BCUT2D eigenvalue weighted by Crippen LogP contribution is -2.59. The second kappa shape index (κ2) is 4.14. The molecule has 1 N–H and O–H groups in total. The average Bonchev–Trinajstić information content (AvgIpc) is 3.21. The van der Waals surface area contributed by atoms with Gasteiger partial charge in [0.2, 0.25) is 0 Å². The van der Waals surface area contributed by atoms with Gasteiger partial charge in [0.25, 0.3) is 0 Å². The first kappa shape index (κ1) is 15.1. The van der Waals surface area contributed by atoms with E-state index in [0.29, 0.717) is 24.7 Å². The Balaban J connectivity index is 1.60. The largest absolute Gasteiger partial charge is 0.375 e. The van der Waals surface area contributed by atoms with Gasteiger partial charge in [0.15, 0.2) is 11.4 Å². The van der Waals surface area contributed by atoms with Crippen LogP contribution >= 0.6 is 0 Å². The number of rotatable bonds is 0. The molecule has 4 aliphatic carbocycles. The molecule has 7 atom stereocenters. The van der Waals surface area contributed by atoms with Gasteiger partial charge in [-0.1, -0.05) is 19.4 Å². The summed E-state index contributed by atoms with van der Waals surface area (Å²) in [6, 6.07) is 2.23. The maximum atomic E-state index is 11.9. The zero-order valence-electron chi connectivity index (χ0n) is 14.5. The number of hydrogen-bond acceptors (Lipinski definition) is 4. The number of aliphatic hydroxyl groups is 1. The van der Waals surface area contributed by atoms with E-state index in [0.717, 1.165) is 32.1 Å². The van der Waals surface area contributed by atoms with Crippen LogP contribution in [0.2, 0.25) is 0 Å². The Kier molecular flexibility index (Phi) is 2.60. The van der Waals surface area contributed by atoms with E-state index < -0.39 is 5.60 Å². The molecule has 5 aliphatic rings. The van der Waals surface area contributed by atoms with Gasteiger partial charge in [0.05, 0.1) is 12.2 Å². The van der Waals surface area contributed by atoms with Crippen molar-refractivity contribution < 1.29 is 14.6 Å².